The van der Waals surface area contributed by atoms with E-state index in [4.69, 9.17) is 19.9 Å². The maximum Gasteiger partial charge on any atom is 0.312 e. The highest BCUT2D eigenvalue weighted by Gasteiger charge is 2.29. The van der Waals surface area contributed by atoms with Gasteiger partial charge in [0.2, 0.25) is 29.5 Å². The van der Waals surface area contributed by atoms with Gasteiger partial charge >= 0.3 is 12.0 Å². The second-order valence-corrected chi connectivity index (χ2v) is 13.1. The van der Waals surface area contributed by atoms with Gasteiger partial charge in [-0.15, -0.1) is 0 Å². The number of primary amides is 1. The van der Waals surface area contributed by atoms with E-state index in [2.05, 4.69) is 26.6 Å². The molecule has 3 atom stereocenters. The first-order chi connectivity index (χ1) is 25.7. The van der Waals surface area contributed by atoms with Gasteiger partial charge in [0.15, 0.2) is 0 Å². The van der Waals surface area contributed by atoms with Crippen LogP contribution in [0.15, 0.2) is 36.4 Å². The summed E-state index contributed by atoms with van der Waals surface area (Å²) in [4.78, 5) is 87.0. The van der Waals surface area contributed by atoms with Crippen molar-refractivity contribution in [3.8, 4) is 0 Å². The molecule has 1 unspecified atom stereocenters. The summed E-state index contributed by atoms with van der Waals surface area (Å²) in [5.41, 5.74) is 6.31. The number of rotatable bonds is 25. The number of carbonyl (C=O) groups is 7. The molecule has 18 nitrogen and oxygen atoms in total. The van der Waals surface area contributed by atoms with Crippen molar-refractivity contribution >= 4 is 47.2 Å². The number of aliphatic hydroxyl groups is 1. The number of carbonyl (C=O) groups excluding carboxylic acids is 7. The molecule has 2 rings (SSSR count). The maximum atomic E-state index is 13.4. The lowest BCUT2D eigenvalue weighted by atomic mass is 10.0. The molecule has 1 aliphatic heterocycles. The molecular formula is C36H55N7O11. The molecule has 0 saturated heterocycles. The lowest BCUT2D eigenvalue weighted by Crippen LogP contribution is -2.54. The van der Waals surface area contributed by atoms with Crippen molar-refractivity contribution in [2.75, 3.05) is 51.4 Å². The number of nitrogens with one attached hydrogen (secondary N) is 5. The molecule has 1 aliphatic rings. The largest absolute Gasteiger partial charge is 0.461 e. The summed E-state index contributed by atoms with van der Waals surface area (Å²) in [5.74, 6) is -3.05. The van der Waals surface area contributed by atoms with Crippen LogP contribution in [0.2, 0.25) is 0 Å². The topological polar surface area (TPSA) is 257 Å². The van der Waals surface area contributed by atoms with Gasteiger partial charge in [-0.05, 0) is 42.5 Å². The first-order valence-electron chi connectivity index (χ1n) is 18.0. The molecule has 54 heavy (non-hydrogen) atoms. The lowest BCUT2D eigenvalue weighted by Gasteiger charge is -2.25. The van der Waals surface area contributed by atoms with Crippen molar-refractivity contribution in [3.63, 3.8) is 0 Å². The number of nitrogens with two attached hydrogens (primary N) is 1. The lowest BCUT2D eigenvalue weighted by molar-refractivity contribution is -0.148. The van der Waals surface area contributed by atoms with Crippen LogP contribution in [0, 0.1) is 11.8 Å². The molecule has 0 aromatic heterocycles. The van der Waals surface area contributed by atoms with Crippen molar-refractivity contribution in [1.29, 1.82) is 0 Å². The van der Waals surface area contributed by atoms with Crippen molar-refractivity contribution in [3.05, 3.63) is 42.0 Å². The van der Waals surface area contributed by atoms with E-state index in [1.807, 2.05) is 0 Å². The standard InChI is InChI=1S/C36H55N7O11/c1-23(2)32(42-29(45)14-18-52-20-21-53-19-16-38-28(44)13-17-43-30(46)11-12-31(43)47)34(49)41-27(6-5-15-39-36(37)51)33(48)40-26-9-7-25(8-10-26)22-54-35(50)24(3)4/h7-12,23-24,27,30,32,46H,5-6,13-22H2,1-4H3,(H,38,44)(H,40,48)(H,41,49)(H,42,45)(H3,37,39,51)/t27-,30?,32-/m0/s1. The number of benzene rings is 1. The molecule has 7 amide bonds. The summed E-state index contributed by atoms with van der Waals surface area (Å²) < 4.78 is 16.1. The minimum absolute atomic E-state index is 0.0360. The number of ether oxygens (including phenoxy) is 3. The Morgan fingerprint density at radius 3 is 2.15 bits per heavy atom. The van der Waals surface area contributed by atoms with Gasteiger partial charge in [0.05, 0.1) is 32.3 Å². The number of anilines is 1. The monoisotopic (exact) mass is 761 g/mol. The summed E-state index contributed by atoms with van der Waals surface area (Å²) in [5, 5.41) is 23.0. The fourth-order valence-corrected chi connectivity index (χ4v) is 4.86. The predicted molar refractivity (Wildman–Crippen MR) is 196 cm³/mol. The first-order valence-corrected chi connectivity index (χ1v) is 18.0. The van der Waals surface area contributed by atoms with Gasteiger partial charge in [-0.25, -0.2) is 4.79 Å². The van der Waals surface area contributed by atoms with Gasteiger partial charge in [0, 0.05) is 44.2 Å². The van der Waals surface area contributed by atoms with Gasteiger partial charge in [-0.1, -0.05) is 39.8 Å². The second kappa shape index (κ2) is 24.3. The van der Waals surface area contributed by atoms with Crippen molar-refractivity contribution < 1.29 is 52.9 Å². The molecule has 0 spiro atoms. The van der Waals surface area contributed by atoms with Gasteiger partial charge in [-0.3, -0.25) is 28.8 Å². The Labute approximate surface area is 315 Å². The Morgan fingerprint density at radius 1 is 0.852 bits per heavy atom. The van der Waals surface area contributed by atoms with E-state index in [0.717, 1.165) is 5.56 Å². The van der Waals surface area contributed by atoms with Crippen molar-refractivity contribution in [1.82, 2.24) is 26.2 Å². The number of nitrogens with zero attached hydrogens (tertiary/aromatic N) is 1. The van der Waals surface area contributed by atoms with E-state index < -0.39 is 42.1 Å². The van der Waals surface area contributed by atoms with Crippen LogP contribution in [0.1, 0.15) is 58.9 Å². The molecular weight excluding hydrogens is 706 g/mol. The summed E-state index contributed by atoms with van der Waals surface area (Å²) in [7, 11) is 0. The fourth-order valence-electron chi connectivity index (χ4n) is 4.86. The number of urea groups is 1. The molecule has 1 aromatic carbocycles. The molecule has 8 N–H and O–H groups in total. The Hall–Kier alpha value is -5.07. The summed E-state index contributed by atoms with van der Waals surface area (Å²) in [6, 6.07) is 4.00. The molecule has 1 heterocycles. The zero-order valence-corrected chi connectivity index (χ0v) is 31.4. The third kappa shape index (κ3) is 17.6. The Kier molecular flexibility index (Phi) is 20.3. The van der Waals surface area contributed by atoms with E-state index in [9.17, 15) is 38.7 Å². The highest BCUT2D eigenvalue weighted by Crippen LogP contribution is 2.14. The van der Waals surface area contributed by atoms with Crippen molar-refractivity contribution in [2.24, 2.45) is 17.6 Å². The highest BCUT2D eigenvalue weighted by molar-refractivity contribution is 5.98. The normalized spacial score (nSPS) is 14.8. The average molecular weight is 762 g/mol. The summed E-state index contributed by atoms with van der Waals surface area (Å²) >= 11 is 0. The molecule has 18 heteroatoms. The van der Waals surface area contributed by atoms with Crippen LogP contribution in [0.25, 0.3) is 0 Å². The molecule has 0 radical (unpaired) electrons. The van der Waals surface area contributed by atoms with Crippen LogP contribution in [0.4, 0.5) is 10.5 Å². The third-order valence-corrected chi connectivity index (χ3v) is 7.95. The Bertz CT molecular complexity index is 1440. The van der Waals surface area contributed by atoms with E-state index >= 15 is 0 Å². The Balaban J connectivity index is 1.76. The van der Waals surface area contributed by atoms with E-state index in [1.54, 1.807) is 52.0 Å². The first kappa shape index (κ1) is 45.1. The van der Waals surface area contributed by atoms with Crippen LogP contribution in [-0.2, 0) is 49.6 Å². The molecule has 300 valence electrons. The van der Waals surface area contributed by atoms with Gasteiger partial charge < -0.3 is 56.5 Å². The summed E-state index contributed by atoms with van der Waals surface area (Å²) in [6.07, 6.45) is 2.08. The second-order valence-electron chi connectivity index (χ2n) is 13.1. The van der Waals surface area contributed by atoms with E-state index in [-0.39, 0.29) is 102 Å². The average Bonchev–Trinajstić information content (AvgIpc) is 3.44. The fraction of sp³-hybridized carbons (Fsp3) is 0.583. The number of amides is 7. The highest BCUT2D eigenvalue weighted by atomic mass is 16.5. The van der Waals surface area contributed by atoms with Crippen LogP contribution in [0.3, 0.4) is 0 Å². The van der Waals surface area contributed by atoms with Crippen LogP contribution in [0.5, 0.6) is 0 Å². The Morgan fingerprint density at radius 2 is 1.54 bits per heavy atom. The number of esters is 1. The zero-order chi connectivity index (χ0) is 40.0. The van der Waals surface area contributed by atoms with Crippen LogP contribution >= 0.6 is 0 Å². The third-order valence-electron chi connectivity index (χ3n) is 7.95. The molecule has 0 saturated carbocycles. The smallest absolute Gasteiger partial charge is 0.312 e. The quantitative estimate of drug-likeness (QED) is 0.0517. The molecule has 0 fully saturated rings. The number of aliphatic hydroxyl groups excluding tert-OH is 1. The molecule has 0 aliphatic carbocycles. The number of hydrogen-bond acceptors (Lipinski definition) is 11. The van der Waals surface area contributed by atoms with E-state index in [0.29, 0.717) is 12.1 Å². The van der Waals surface area contributed by atoms with Gasteiger partial charge in [-0.2, -0.15) is 0 Å². The van der Waals surface area contributed by atoms with Gasteiger partial charge in [0.1, 0.15) is 24.9 Å². The minimum Gasteiger partial charge on any atom is -0.461 e. The van der Waals surface area contributed by atoms with Gasteiger partial charge in [0.25, 0.3) is 0 Å². The predicted octanol–water partition coefficient (Wildman–Crippen LogP) is 0.0448. The van der Waals surface area contributed by atoms with Crippen molar-refractivity contribution in [2.45, 2.75) is 78.3 Å². The SMILES string of the molecule is CC(C)C(=O)OCc1ccc(NC(=O)[C@H](CCCNC(N)=O)NC(=O)[C@@H](NC(=O)CCOCCOCCNC(=O)CCN2C(=O)C=CC2O)C(C)C)cc1. The van der Waals surface area contributed by atoms with E-state index in [1.165, 1.54) is 17.1 Å². The molecule has 0 bridgehead atoms. The maximum absolute atomic E-state index is 13.4. The number of hydrogen-bond donors (Lipinski definition) is 7. The van der Waals surface area contributed by atoms with Crippen LogP contribution < -0.4 is 32.3 Å². The molecule has 1 aromatic rings. The zero-order valence-electron chi connectivity index (χ0n) is 31.4. The minimum atomic E-state index is -1.02. The summed E-state index contributed by atoms with van der Waals surface area (Å²) in [6.45, 7) is 8.26. The van der Waals surface area contributed by atoms with Crippen LogP contribution in [-0.4, -0.2) is 116 Å².